The first-order chi connectivity index (χ1) is 7.67. The molecule has 5 heteroatoms. The zero-order chi connectivity index (χ0) is 12.0. The van der Waals surface area contributed by atoms with Crippen molar-refractivity contribution in [3.05, 3.63) is 29.6 Å². The minimum Gasteiger partial charge on any atom is -0.479 e. The normalized spacial score (nSPS) is 9.94. The zero-order valence-electron chi connectivity index (χ0n) is 8.90. The van der Waals surface area contributed by atoms with Gasteiger partial charge in [-0.1, -0.05) is 6.07 Å². The monoisotopic (exact) mass is 228 g/mol. The van der Waals surface area contributed by atoms with Crippen LogP contribution < -0.4 is 4.74 Å². The van der Waals surface area contributed by atoms with E-state index in [1.54, 1.807) is 6.92 Å². The predicted octanol–water partition coefficient (Wildman–Crippen LogP) is 1.26. The molecule has 0 fully saturated rings. The summed E-state index contributed by atoms with van der Waals surface area (Å²) in [6.07, 6.45) is 0. The maximum absolute atomic E-state index is 13.3. The molecule has 88 valence electrons. The van der Waals surface area contributed by atoms with Gasteiger partial charge in [0.2, 0.25) is 0 Å². The molecule has 1 aromatic rings. The number of carbonyl (C=O) groups is 1. The molecule has 1 aromatic carbocycles. The highest BCUT2D eigenvalue weighted by Crippen LogP contribution is 2.18. The number of ether oxygens (including phenoxy) is 2. The van der Waals surface area contributed by atoms with Crippen molar-refractivity contribution in [3.63, 3.8) is 0 Å². The topological polar surface area (TPSA) is 55.8 Å². The molecule has 0 atom stereocenters. The molecule has 0 unspecified atom stereocenters. The van der Waals surface area contributed by atoms with Crippen molar-refractivity contribution in [2.45, 2.75) is 13.5 Å². The molecule has 0 radical (unpaired) electrons. The van der Waals surface area contributed by atoms with Gasteiger partial charge in [0.25, 0.3) is 0 Å². The number of halogens is 1. The summed E-state index contributed by atoms with van der Waals surface area (Å²) in [5.41, 5.74) is 0.445. The largest absolute Gasteiger partial charge is 0.479 e. The van der Waals surface area contributed by atoms with E-state index in [4.69, 9.17) is 9.84 Å². The maximum atomic E-state index is 13.3. The molecule has 0 aliphatic carbocycles. The first-order valence-corrected chi connectivity index (χ1v) is 4.85. The van der Waals surface area contributed by atoms with Crippen molar-refractivity contribution in [1.82, 2.24) is 0 Å². The Morgan fingerprint density at radius 2 is 2.25 bits per heavy atom. The lowest BCUT2D eigenvalue weighted by Gasteiger charge is -2.07. The van der Waals surface area contributed by atoms with Crippen LogP contribution in [0.3, 0.4) is 0 Å². The third-order valence-corrected chi connectivity index (χ3v) is 1.83. The second-order valence-electron chi connectivity index (χ2n) is 3.02. The quantitative estimate of drug-likeness (QED) is 0.771. The van der Waals surface area contributed by atoms with Gasteiger partial charge in [-0.15, -0.1) is 0 Å². The summed E-state index contributed by atoms with van der Waals surface area (Å²) in [6, 6.07) is 4.03. The molecule has 0 aromatic heterocycles. The first-order valence-electron chi connectivity index (χ1n) is 4.85. The second-order valence-corrected chi connectivity index (χ2v) is 3.02. The number of carbonyl (C=O) groups excluding carboxylic acids is 1. The maximum Gasteiger partial charge on any atom is 0.344 e. The van der Waals surface area contributed by atoms with E-state index >= 15 is 0 Å². The minimum absolute atomic E-state index is 0.0368. The van der Waals surface area contributed by atoms with Gasteiger partial charge in [-0.05, 0) is 24.6 Å². The van der Waals surface area contributed by atoms with E-state index in [1.165, 1.54) is 12.1 Å². The van der Waals surface area contributed by atoms with Crippen LogP contribution in [0.1, 0.15) is 12.5 Å². The molecule has 0 heterocycles. The van der Waals surface area contributed by atoms with Crippen LogP contribution in [0.2, 0.25) is 0 Å². The van der Waals surface area contributed by atoms with Crippen LogP contribution in [0.4, 0.5) is 4.39 Å². The van der Waals surface area contributed by atoms with Crippen LogP contribution in [0.15, 0.2) is 18.2 Å². The number of hydrogen-bond donors (Lipinski definition) is 1. The van der Waals surface area contributed by atoms with E-state index in [0.29, 0.717) is 5.56 Å². The minimum atomic E-state index is -0.615. The van der Waals surface area contributed by atoms with E-state index in [2.05, 4.69) is 4.74 Å². The van der Waals surface area contributed by atoms with Gasteiger partial charge in [0.05, 0.1) is 13.2 Å². The summed E-state index contributed by atoms with van der Waals surface area (Å²) in [5, 5.41) is 8.76. The van der Waals surface area contributed by atoms with Gasteiger partial charge in [-0.3, -0.25) is 0 Å². The fourth-order valence-electron chi connectivity index (χ4n) is 1.10. The molecule has 16 heavy (non-hydrogen) atoms. The van der Waals surface area contributed by atoms with Crippen LogP contribution >= 0.6 is 0 Å². The summed E-state index contributed by atoms with van der Waals surface area (Å²) < 4.78 is 22.8. The van der Waals surface area contributed by atoms with E-state index < -0.39 is 11.8 Å². The lowest BCUT2D eigenvalue weighted by Crippen LogP contribution is -2.15. The number of hydrogen-bond acceptors (Lipinski definition) is 4. The highest BCUT2D eigenvalue weighted by Gasteiger charge is 2.07. The van der Waals surface area contributed by atoms with E-state index in [1.807, 2.05) is 0 Å². The SMILES string of the molecule is CCOC(=O)COc1ccc(CO)cc1F. The summed E-state index contributed by atoms with van der Waals surface area (Å²) in [5.74, 6) is -1.20. The van der Waals surface area contributed by atoms with Crippen LogP contribution in [0.25, 0.3) is 0 Å². The lowest BCUT2D eigenvalue weighted by molar-refractivity contribution is -0.145. The molecular formula is C11H13FO4. The molecule has 0 aliphatic rings. The zero-order valence-corrected chi connectivity index (χ0v) is 8.90. The number of aliphatic hydroxyl groups is 1. The van der Waals surface area contributed by atoms with Crippen LogP contribution in [0.5, 0.6) is 5.75 Å². The highest BCUT2D eigenvalue weighted by molar-refractivity contribution is 5.71. The third-order valence-electron chi connectivity index (χ3n) is 1.83. The molecule has 0 spiro atoms. The van der Waals surface area contributed by atoms with Gasteiger partial charge in [-0.25, -0.2) is 9.18 Å². The van der Waals surface area contributed by atoms with Gasteiger partial charge >= 0.3 is 5.97 Å². The van der Waals surface area contributed by atoms with E-state index in [-0.39, 0.29) is 25.6 Å². The first kappa shape index (κ1) is 12.4. The fraction of sp³-hybridized carbons (Fsp3) is 0.364. The summed E-state index contributed by atoms with van der Waals surface area (Å²) in [6.45, 7) is 1.36. The number of aliphatic hydroxyl groups excluding tert-OH is 1. The van der Waals surface area contributed by atoms with Gasteiger partial charge < -0.3 is 14.6 Å². The Kier molecular flexibility index (Phi) is 4.72. The summed E-state index contributed by atoms with van der Waals surface area (Å²) >= 11 is 0. The van der Waals surface area contributed by atoms with Crippen molar-refractivity contribution < 1.29 is 23.8 Å². The standard InChI is InChI=1S/C11H13FO4/c1-2-15-11(14)7-16-10-4-3-8(6-13)5-9(10)12/h3-5,13H,2,6-7H2,1H3. The Morgan fingerprint density at radius 3 is 2.81 bits per heavy atom. The van der Waals surface area contributed by atoms with Crippen molar-refractivity contribution in [1.29, 1.82) is 0 Å². The average molecular weight is 228 g/mol. The predicted molar refractivity (Wildman–Crippen MR) is 54.5 cm³/mol. The van der Waals surface area contributed by atoms with E-state index in [0.717, 1.165) is 6.07 Å². The van der Waals surface area contributed by atoms with Crippen LogP contribution in [-0.2, 0) is 16.1 Å². The molecule has 1 N–H and O–H groups in total. The Labute approximate surface area is 92.6 Å². The number of benzene rings is 1. The molecule has 0 saturated carbocycles. The van der Waals surface area contributed by atoms with Crippen molar-refractivity contribution >= 4 is 5.97 Å². The average Bonchev–Trinajstić information content (AvgIpc) is 2.27. The third kappa shape index (κ3) is 3.51. The Bertz CT molecular complexity index is 365. The molecule has 1 rings (SSSR count). The second kappa shape index (κ2) is 6.07. The molecule has 0 bridgehead atoms. The Balaban J connectivity index is 2.57. The highest BCUT2D eigenvalue weighted by atomic mass is 19.1. The number of rotatable bonds is 5. The van der Waals surface area contributed by atoms with Gasteiger partial charge in [-0.2, -0.15) is 0 Å². The Hall–Kier alpha value is -1.62. The van der Waals surface area contributed by atoms with Crippen molar-refractivity contribution in [3.8, 4) is 5.75 Å². The molecule has 0 saturated heterocycles. The van der Waals surface area contributed by atoms with Gasteiger partial charge in [0.1, 0.15) is 0 Å². The van der Waals surface area contributed by atoms with Crippen molar-refractivity contribution in [2.24, 2.45) is 0 Å². The van der Waals surface area contributed by atoms with E-state index in [9.17, 15) is 9.18 Å². The summed E-state index contributed by atoms with van der Waals surface area (Å²) in [4.78, 5) is 10.9. The van der Waals surface area contributed by atoms with Gasteiger partial charge in [0, 0.05) is 0 Å². The van der Waals surface area contributed by atoms with Crippen LogP contribution in [0, 0.1) is 5.82 Å². The number of esters is 1. The smallest absolute Gasteiger partial charge is 0.344 e. The van der Waals surface area contributed by atoms with Crippen LogP contribution in [-0.4, -0.2) is 24.3 Å². The molecule has 0 aliphatic heterocycles. The molecular weight excluding hydrogens is 215 g/mol. The molecule has 0 amide bonds. The van der Waals surface area contributed by atoms with Gasteiger partial charge in [0.15, 0.2) is 18.2 Å². The summed E-state index contributed by atoms with van der Waals surface area (Å²) in [7, 11) is 0. The molecule has 4 nitrogen and oxygen atoms in total. The lowest BCUT2D eigenvalue weighted by atomic mass is 10.2. The Morgan fingerprint density at radius 1 is 1.50 bits per heavy atom. The fourth-order valence-corrected chi connectivity index (χ4v) is 1.10. The van der Waals surface area contributed by atoms with Crippen molar-refractivity contribution in [2.75, 3.05) is 13.2 Å².